The fraction of sp³-hybridized carbons (Fsp3) is 0.462. The summed E-state index contributed by atoms with van der Waals surface area (Å²) in [6, 6.07) is 6.68. The highest BCUT2D eigenvalue weighted by atomic mass is 35.5. The number of alkyl halides is 1. The van der Waals surface area contributed by atoms with E-state index in [9.17, 15) is 9.90 Å². The molecule has 0 aromatic heterocycles. The fourth-order valence-electron chi connectivity index (χ4n) is 1.63. The second-order valence-electron chi connectivity index (χ2n) is 4.15. The Hall–Kier alpha value is -1.22. The molecular weight excluding hydrogens is 238 g/mol. The molecule has 1 N–H and O–H groups in total. The van der Waals surface area contributed by atoms with E-state index in [1.54, 1.807) is 23.1 Å². The Morgan fingerprint density at radius 1 is 1.41 bits per heavy atom. The van der Waals surface area contributed by atoms with Crippen LogP contribution in [0, 0.1) is 0 Å². The first-order chi connectivity index (χ1) is 8.07. The van der Waals surface area contributed by atoms with Crippen molar-refractivity contribution >= 4 is 17.5 Å². The van der Waals surface area contributed by atoms with Gasteiger partial charge in [-0.05, 0) is 32.4 Å². The zero-order valence-electron chi connectivity index (χ0n) is 10.2. The van der Waals surface area contributed by atoms with E-state index in [0.717, 1.165) is 6.42 Å². The van der Waals surface area contributed by atoms with Crippen LogP contribution in [0.5, 0.6) is 5.75 Å². The van der Waals surface area contributed by atoms with Crippen molar-refractivity contribution in [1.29, 1.82) is 0 Å². The van der Waals surface area contributed by atoms with Gasteiger partial charge in [-0.2, -0.15) is 0 Å². The summed E-state index contributed by atoms with van der Waals surface area (Å²) in [5, 5.41) is 9.66. The molecule has 0 saturated heterocycles. The van der Waals surface area contributed by atoms with Gasteiger partial charge in [0, 0.05) is 18.5 Å². The fourth-order valence-corrected chi connectivity index (χ4v) is 1.75. The van der Waals surface area contributed by atoms with Crippen LogP contribution in [0.3, 0.4) is 0 Å². The molecule has 0 atom stereocenters. The predicted octanol–water partition coefficient (Wildman–Crippen LogP) is 2.87. The van der Waals surface area contributed by atoms with E-state index < -0.39 is 0 Å². The molecule has 17 heavy (non-hydrogen) atoms. The average molecular weight is 256 g/mol. The second-order valence-corrected chi connectivity index (χ2v) is 4.53. The van der Waals surface area contributed by atoms with Crippen molar-refractivity contribution in [3.8, 4) is 5.75 Å². The number of hydrogen-bond donors (Lipinski definition) is 1. The highest BCUT2D eigenvalue weighted by molar-refractivity contribution is 6.17. The number of aromatic hydroxyl groups is 1. The van der Waals surface area contributed by atoms with E-state index in [1.165, 1.54) is 6.07 Å². The van der Waals surface area contributed by atoms with E-state index in [1.807, 2.05) is 13.8 Å². The van der Waals surface area contributed by atoms with Gasteiger partial charge in [0.1, 0.15) is 5.75 Å². The molecule has 0 saturated carbocycles. The number of rotatable bonds is 5. The van der Waals surface area contributed by atoms with Gasteiger partial charge in [0.15, 0.2) is 0 Å². The Labute approximate surface area is 107 Å². The summed E-state index contributed by atoms with van der Waals surface area (Å²) in [7, 11) is 0. The van der Waals surface area contributed by atoms with Crippen LogP contribution < -0.4 is 0 Å². The Morgan fingerprint density at radius 3 is 2.59 bits per heavy atom. The van der Waals surface area contributed by atoms with Gasteiger partial charge in [-0.1, -0.05) is 12.1 Å². The lowest BCUT2D eigenvalue weighted by Crippen LogP contribution is -2.37. The number of phenolic OH excluding ortho intramolecular Hbond substituents is 1. The maximum absolute atomic E-state index is 12.2. The largest absolute Gasteiger partial charge is 0.507 e. The number of halogens is 1. The normalized spacial score (nSPS) is 10.6. The third-order valence-electron chi connectivity index (χ3n) is 2.55. The van der Waals surface area contributed by atoms with E-state index >= 15 is 0 Å². The molecule has 0 aliphatic rings. The number of carbonyl (C=O) groups excluding carboxylic acids is 1. The van der Waals surface area contributed by atoms with Gasteiger partial charge in [0.2, 0.25) is 0 Å². The third kappa shape index (κ3) is 3.63. The molecule has 0 radical (unpaired) electrons. The lowest BCUT2D eigenvalue weighted by atomic mass is 10.1. The molecule has 0 aliphatic carbocycles. The summed E-state index contributed by atoms with van der Waals surface area (Å²) in [5.74, 6) is 0.398. The van der Waals surface area contributed by atoms with Gasteiger partial charge < -0.3 is 10.0 Å². The summed E-state index contributed by atoms with van der Waals surface area (Å²) in [6.45, 7) is 4.51. The molecule has 0 unspecified atom stereocenters. The molecule has 1 amide bonds. The number of carbonyl (C=O) groups is 1. The van der Waals surface area contributed by atoms with Crippen molar-refractivity contribution in [3.63, 3.8) is 0 Å². The Kier molecular flexibility index (Phi) is 5.29. The molecule has 4 heteroatoms. The highest BCUT2D eigenvalue weighted by Gasteiger charge is 2.20. The molecular formula is C13H18ClNO2. The second kappa shape index (κ2) is 6.50. The summed E-state index contributed by atoms with van der Waals surface area (Å²) in [5.41, 5.74) is 0.343. The van der Waals surface area contributed by atoms with E-state index in [0.29, 0.717) is 18.0 Å². The summed E-state index contributed by atoms with van der Waals surface area (Å²) < 4.78 is 0. The molecule has 1 aromatic carbocycles. The van der Waals surface area contributed by atoms with E-state index in [2.05, 4.69) is 0 Å². The van der Waals surface area contributed by atoms with Gasteiger partial charge in [-0.3, -0.25) is 4.79 Å². The minimum absolute atomic E-state index is 0.0222. The number of benzene rings is 1. The monoisotopic (exact) mass is 255 g/mol. The zero-order valence-corrected chi connectivity index (χ0v) is 10.9. The maximum Gasteiger partial charge on any atom is 0.257 e. The Balaban J connectivity index is 2.88. The van der Waals surface area contributed by atoms with Crippen molar-refractivity contribution in [3.05, 3.63) is 29.8 Å². The van der Waals surface area contributed by atoms with E-state index in [-0.39, 0.29) is 17.7 Å². The van der Waals surface area contributed by atoms with Crippen molar-refractivity contribution < 1.29 is 9.90 Å². The van der Waals surface area contributed by atoms with Crippen molar-refractivity contribution in [2.75, 3.05) is 12.4 Å². The lowest BCUT2D eigenvalue weighted by molar-refractivity contribution is 0.0703. The predicted molar refractivity (Wildman–Crippen MR) is 69.6 cm³/mol. The third-order valence-corrected chi connectivity index (χ3v) is 2.82. The molecule has 0 spiro atoms. The smallest absolute Gasteiger partial charge is 0.257 e. The van der Waals surface area contributed by atoms with Crippen molar-refractivity contribution in [2.24, 2.45) is 0 Å². The number of nitrogens with zero attached hydrogens (tertiary/aromatic N) is 1. The quantitative estimate of drug-likeness (QED) is 0.822. The first-order valence-electron chi connectivity index (χ1n) is 5.73. The zero-order chi connectivity index (χ0) is 12.8. The van der Waals surface area contributed by atoms with Crippen LogP contribution in [-0.4, -0.2) is 34.4 Å². The number of amides is 1. The molecule has 0 heterocycles. The molecule has 0 aliphatic heterocycles. The Bertz CT molecular complexity index is 379. The molecule has 94 valence electrons. The first-order valence-corrected chi connectivity index (χ1v) is 6.26. The number of phenols is 1. The highest BCUT2D eigenvalue weighted by Crippen LogP contribution is 2.19. The number of para-hydroxylation sites is 1. The molecule has 1 rings (SSSR count). The van der Waals surface area contributed by atoms with Gasteiger partial charge in [-0.15, -0.1) is 11.6 Å². The number of hydrogen-bond acceptors (Lipinski definition) is 2. The van der Waals surface area contributed by atoms with Crippen molar-refractivity contribution in [2.45, 2.75) is 26.3 Å². The molecule has 0 bridgehead atoms. The average Bonchev–Trinajstić information content (AvgIpc) is 2.29. The van der Waals surface area contributed by atoms with Gasteiger partial charge >= 0.3 is 0 Å². The van der Waals surface area contributed by atoms with Crippen LogP contribution in [0.2, 0.25) is 0 Å². The lowest BCUT2D eigenvalue weighted by Gasteiger charge is -2.26. The standard InChI is InChI=1S/C13H18ClNO2/c1-10(2)15(9-5-8-14)13(17)11-6-3-4-7-12(11)16/h3-4,6-7,10,16H,5,8-9H2,1-2H3. The Morgan fingerprint density at radius 2 is 2.06 bits per heavy atom. The molecule has 0 fully saturated rings. The summed E-state index contributed by atoms with van der Waals surface area (Å²) in [4.78, 5) is 14.0. The van der Waals surface area contributed by atoms with E-state index in [4.69, 9.17) is 11.6 Å². The maximum atomic E-state index is 12.2. The topological polar surface area (TPSA) is 40.5 Å². The van der Waals surface area contributed by atoms with Crippen LogP contribution in [0.4, 0.5) is 0 Å². The minimum Gasteiger partial charge on any atom is -0.507 e. The van der Waals surface area contributed by atoms with Crippen LogP contribution in [-0.2, 0) is 0 Å². The van der Waals surface area contributed by atoms with Gasteiger partial charge in [-0.25, -0.2) is 0 Å². The first kappa shape index (κ1) is 13.8. The minimum atomic E-state index is -0.150. The van der Waals surface area contributed by atoms with Crippen LogP contribution in [0.15, 0.2) is 24.3 Å². The SMILES string of the molecule is CC(C)N(CCCCl)C(=O)c1ccccc1O. The van der Waals surface area contributed by atoms with Crippen molar-refractivity contribution in [1.82, 2.24) is 4.90 Å². The molecule has 1 aromatic rings. The molecule has 3 nitrogen and oxygen atoms in total. The van der Waals surface area contributed by atoms with Crippen LogP contribution in [0.25, 0.3) is 0 Å². The van der Waals surface area contributed by atoms with Crippen LogP contribution >= 0.6 is 11.6 Å². The summed E-state index contributed by atoms with van der Waals surface area (Å²) >= 11 is 5.64. The summed E-state index contributed by atoms with van der Waals surface area (Å²) in [6.07, 6.45) is 0.749. The van der Waals surface area contributed by atoms with Crippen LogP contribution in [0.1, 0.15) is 30.6 Å². The van der Waals surface area contributed by atoms with Gasteiger partial charge in [0.25, 0.3) is 5.91 Å². The van der Waals surface area contributed by atoms with Gasteiger partial charge in [0.05, 0.1) is 5.56 Å².